The van der Waals surface area contributed by atoms with E-state index < -0.39 is 0 Å². The van der Waals surface area contributed by atoms with Crippen molar-refractivity contribution < 1.29 is 9.53 Å². The summed E-state index contributed by atoms with van der Waals surface area (Å²) in [6.07, 6.45) is 0. The van der Waals surface area contributed by atoms with Gasteiger partial charge in [0.25, 0.3) is 5.91 Å². The van der Waals surface area contributed by atoms with E-state index in [0.29, 0.717) is 16.5 Å². The van der Waals surface area contributed by atoms with Gasteiger partial charge in [-0.2, -0.15) is 5.10 Å². The second kappa shape index (κ2) is 7.61. The van der Waals surface area contributed by atoms with E-state index in [1.807, 2.05) is 37.3 Å². The Labute approximate surface area is 134 Å². The van der Waals surface area contributed by atoms with Gasteiger partial charge in [-0.25, -0.2) is 5.43 Å². The molecule has 0 atom stereocenters. The number of aryl methyl sites for hydroxylation is 1. The first-order chi connectivity index (χ1) is 10.5. The smallest absolute Gasteiger partial charge is 0.277 e. The van der Waals surface area contributed by atoms with Crippen molar-refractivity contribution in [2.24, 2.45) is 5.10 Å². The highest BCUT2D eigenvalue weighted by Crippen LogP contribution is 2.12. The Morgan fingerprint density at radius 2 is 2.00 bits per heavy atom. The third-order valence-corrected chi connectivity index (χ3v) is 3.19. The molecule has 2 aromatic rings. The summed E-state index contributed by atoms with van der Waals surface area (Å²) in [5, 5.41) is 4.67. The van der Waals surface area contributed by atoms with Crippen LogP contribution in [-0.4, -0.2) is 18.2 Å². The number of amides is 1. The second-order valence-electron chi connectivity index (χ2n) is 4.85. The fraction of sp³-hybridized carbons (Fsp3) is 0.176. The van der Waals surface area contributed by atoms with E-state index in [1.165, 1.54) is 0 Å². The molecule has 0 bridgehead atoms. The number of benzene rings is 2. The van der Waals surface area contributed by atoms with Crippen LogP contribution >= 0.6 is 11.6 Å². The summed E-state index contributed by atoms with van der Waals surface area (Å²) in [6.45, 7) is 3.68. The molecular weight excluding hydrogens is 300 g/mol. The SMILES string of the molecule is C/C(=N/NC(=O)COc1cccc(C)c1)c1cccc(Cl)c1. The Kier molecular flexibility index (Phi) is 5.55. The first kappa shape index (κ1) is 16.0. The van der Waals surface area contributed by atoms with Crippen LogP contribution in [0.25, 0.3) is 0 Å². The zero-order chi connectivity index (χ0) is 15.9. The van der Waals surface area contributed by atoms with Gasteiger partial charge in [-0.05, 0) is 49.2 Å². The van der Waals surface area contributed by atoms with Crippen molar-refractivity contribution in [3.8, 4) is 5.75 Å². The summed E-state index contributed by atoms with van der Waals surface area (Å²) in [4.78, 5) is 11.7. The minimum atomic E-state index is -0.317. The number of halogens is 1. The Morgan fingerprint density at radius 3 is 2.73 bits per heavy atom. The van der Waals surface area contributed by atoms with Crippen molar-refractivity contribution in [3.05, 3.63) is 64.7 Å². The molecule has 1 amide bonds. The second-order valence-corrected chi connectivity index (χ2v) is 5.28. The van der Waals surface area contributed by atoms with Crippen LogP contribution in [0.4, 0.5) is 0 Å². The highest BCUT2D eigenvalue weighted by Gasteiger charge is 2.03. The standard InChI is InChI=1S/C17H17ClN2O2/c1-12-5-3-8-16(9-12)22-11-17(21)20-19-13(2)14-6-4-7-15(18)10-14/h3-10H,11H2,1-2H3,(H,20,21)/b19-13-. The molecule has 0 saturated carbocycles. The van der Waals surface area contributed by atoms with E-state index in [0.717, 1.165) is 11.1 Å². The van der Waals surface area contributed by atoms with Crippen LogP contribution in [0.2, 0.25) is 5.02 Å². The molecule has 1 N–H and O–H groups in total. The highest BCUT2D eigenvalue weighted by atomic mass is 35.5. The third-order valence-electron chi connectivity index (χ3n) is 2.95. The third kappa shape index (κ3) is 4.90. The average Bonchev–Trinajstić information content (AvgIpc) is 2.50. The molecule has 0 aromatic heterocycles. The molecule has 2 aromatic carbocycles. The zero-order valence-electron chi connectivity index (χ0n) is 12.5. The Morgan fingerprint density at radius 1 is 1.23 bits per heavy atom. The molecule has 4 nitrogen and oxygen atoms in total. The number of carbonyl (C=O) groups is 1. The number of ether oxygens (including phenoxy) is 1. The van der Waals surface area contributed by atoms with Crippen LogP contribution in [0, 0.1) is 6.92 Å². The van der Waals surface area contributed by atoms with Crippen molar-refractivity contribution in [2.75, 3.05) is 6.61 Å². The maximum atomic E-state index is 11.7. The van der Waals surface area contributed by atoms with Gasteiger partial charge in [-0.15, -0.1) is 0 Å². The van der Waals surface area contributed by atoms with Gasteiger partial charge in [0, 0.05) is 5.02 Å². The topological polar surface area (TPSA) is 50.7 Å². The Bertz CT molecular complexity index is 699. The summed E-state index contributed by atoms with van der Waals surface area (Å²) >= 11 is 5.92. The molecule has 2 rings (SSSR count). The number of hydrogen-bond donors (Lipinski definition) is 1. The fourth-order valence-electron chi connectivity index (χ4n) is 1.81. The maximum absolute atomic E-state index is 11.7. The average molecular weight is 317 g/mol. The largest absolute Gasteiger partial charge is 0.484 e. The Balaban J connectivity index is 1.88. The van der Waals surface area contributed by atoms with E-state index >= 15 is 0 Å². The minimum Gasteiger partial charge on any atom is -0.484 e. The number of nitrogens with zero attached hydrogens (tertiary/aromatic N) is 1. The molecule has 0 radical (unpaired) electrons. The van der Waals surface area contributed by atoms with Crippen molar-refractivity contribution in [2.45, 2.75) is 13.8 Å². The van der Waals surface area contributed by atoms with E-state index in [4.69, 9.17) is 16.3 Å². The maximum Gasteiger partial charge on any atom is 0.277 e. The van der Waals surface area contributed by atoms with Crippen LogP contribution in [-0.2, 0) is 4.79 Å². The van der Waals surface area contributed by atoms with E-state index in [-0.39, 0.29) is 12.5 Å². The molecule has 0 fully saturated rings. The quantitative estimate of drug-likeness (QED) is 0.677. The van der Waals surface area contributed by atoms with Crippen LogP contribution < -0.4 is 10.2 Å². The summed E-state index contributed by atoms with van der Waals surface area (Å²) < 4.78 is 5.40. The summed E-state index contributed by atoms with van der Waals surface area (Å²) in [5.74, 6) is 0.341. The fourth-order valence-corrected chi connectivity index (χ4v) is 2.00. The van der Waals surface area contributed by atoms with Crippen molar-refractivity contribution >= 4 is 23.2 Å². The van der Waals surface area contributed by atoms with E-state index in [1.54, 1.807) is 25.1 Å². The van der Waals surface area contributed by atoms with Crippen LogP contribution in [0.3, 0.4) is 0 Å². The Hall–Kier alpha value is -2.33. The van der Waals surface area contributed by atoms with Crippen molar-refractivity contribution in [1.29, 1.82) is 0 Å². The lowest BCUT2D eigenvalue weighted by Gasteiger charge is -2.06. The highest BCUT2D eigenvalue weighted by molar-refractivity contribution is 6.31. The minimum absolute atomic E-state index is 0.0875. The lowest BCUT2D eigenvalue weighted by atomic mass is 10.1. The molecule has 0 spiro atoms. The molecule has 0 heterocycles. The number of hydrazone groups is 1. The predicted octanol–water partition coefficient (Wildman–Crippen LogP) is 3.57. The number of carbonyl (C=O) groups excluding carboxylic acids is 1. The molecule has 114 valence electrons. The zero-order valence-corrected chi connectivity index (χ0v) is 13.2. The molecule has 0 aliphatic carbocycles. The van der Waals surface area contributed by atoms with Gasteiger partial charge in [0.15, 0.2) is 6.61 Å². The van der Waals surface area contributed by atoms with Crippen LogP contribution in [0.1, 0.15) is 18.1 Å². The number of hydrogen-bond acceptors (Lipinski definition) is 3. The first-order valence-electron chi connectivity index (χ1n) is 6.83. The van der Waals surface area contributed by atoms with E-state index in [9.17, 15) is 4.79 Å². The summed E-state index contributed by atoms with van der Waals surface area (Å²) in [5.41, 5.74) is 5.07. The van der Waals surface area contributed by atoms with Gasteiger partial charge in [0.1, 0.15) is 5.75 Å². The molecule has 0 aliphatic heterocycles. The van der Waals surface area contributed by atoms with Crippen LogP contribution in [0.15, 0.2) is 53.6 Å². The normalized spacial score (nSPS) is 11.1. The van der Waals surface area contributed by atoms with Gasteiger partial charge in [0.05, 0.1) is 5.71 Å². The number of rotatable bonds is 5. The number of nitrogens with one attached hydrogen (secondary N) is 1. The molecule has 0 unspecified atom stereocenters. The van der Waals surface area contributed by atoms with Gasteiger partial charge in [-0.1, -0.05) is 35.9 Å². The van der Waals surface area contributed by atoms with Gasteiger partial charge < -0.3 is 4.74 Å². The lowest BCUT2D eigenvalue weighted by Crippen LogP contribution is -2.25. The molecule has 22 heavy (non-hydrogen) atoms. The van der Waals surface area contributed by atoms with Gasteiger partial charge in [0.2, 0.25) is 0 Å². The molecule has 0 aliphatic rings. The first-order valence-corrected chi connectivity index (χ1v) is 7.21. The lowest BCUT2D eigenvalue weighted by molar-refractivity contribution is -0.123. The molecule has 5 heteroatoms. The monoisotopic (exact) mass is 316 g/mol. The van der Waals surface area contributed by atoms with Crippen LogP contribution in [0.5, 0.6) is 5.75 Å². The van der Waals surface area contributed by atoms with Gasteiger partial charge >= 0.3 is 0 Å². The van der Waals surface area contributed by atoms with Gasteiger partial charge in [-0.3, -0.25) is 4.79 Å². The summed E-state index contributed by atoms with van der Waals surface area (Å²) in [7, 11) is 0. The predicted molar refractivity (Wildman–Crippen MR) is 88.5 cm³/mol. The molecule has 0 saturated heterocycles. The van der Waals surface area contributed by atoms with E-state index in [2.05, 4.69) is 10.5 Å². The summed E-state index contributed by atoms with van der Waals surface area (Å²) in [6, 6.07) is 14.8. The van der Waals surface area contributed by atoms with Crippen molar-refractivity contribution in [1.82, 2.24) is 5.43 Å². The molecular formula is C17H17ClN2O2. The van der Waals surface area contributed by atoms with Crippen molar-refractivity contribution in [3.63, 3.8) is 0 Å².